The van der Waals surface area contributed by atoms with Crippen LogP contribution in [0.1, 0.15) is 20.3 Å². The molecule has 17 heavy (non-hydrogen) atoms. The predicted octanol–water partition coefficient (Wildman–Crippen LogP) is 3.04. The molecule has 2 aromatic rings. The highest BCUT2D eigenvalue weighted by atomic mass is 32.2. The average molecular weight is 249 g/mol. The fourth-order valence-corrected chi connectivity index (χ4v) is 2.60. The SMILES string of the molecule is CCCNCC(C)Sc1nc2ccccc2[nH]1. The Hall–Kier alpha value is -1.00. The van der Waals surface area contributed by atoms with E-state index in [1.54, 1.807) is 11.8 Å². The summed E-state index contributed by atoms with van der Waals surface area (Å²) in [5, 5.41) is 4.97. The maximum Gasteiger partial charge on any atom is 0.166 e. The molecule has 0 aliphatic carbocycles. The Morgan fingerprint density at radius 3 is 3.00 bits per heavy atom. The Balaban J connectivity index is 1.93. The van der Waals surface area contributed by atoms with Gasteiger partial charge in [-0.15, -0.1) is 0 Å². The highest BCUT2D eigenvalue weighted by Gasteiger charge is 2.07. The topological polar surface area (TPSA) is 40.7 Å². The van der Waals surface area contributed by atoms with E-state index < -0.39 is 0 Å². The van der Waals surface area contributed by atoms with E-state index >= 15 is 0 Å². The molecular weight excluding hydrogens is 230 g/mol. The summed E-state index contributed by atoms with van der Waals surface area (Å²) >= 11 is 1.79. The number of H-pyrrole nitrogens is 1. The number of hydrogen-bond donors (Lipinski definition) is 2. The molecule has 0 saturated heterocycles. The van der Waals surface area contributed by atoms with Crippen LogP contribution in [0.4, 0.5) is 0 Å². The standard InChI is InChI=1S/C13H19N3S/c1-3-8-14-9-10(2)17-13-15-11-6-4-5-7-12(11)16-13/h4-7,10,14H,3,8-9H2,1-2H3,(H,15,16). The molecule has 1 unspecified atom stereocenters. The first-order valence-electron chi connectivity index (χ1n) is 6.11. The minimum atomic E-state index is 0.530. The molecule has 0 aliphatic rings. The summed E-state index contributed by atoms with van der Waals surface area (Å²) < 4.78 is 0. The van der Waals surface area contributed by atoms with Gasteiger partial charge >= 0.3 is 0 Å². The number of nitrogens with one attached hydrogen (secondary N) is 2. The second-order valence-corrected chi connectivity index (χ2v) is 5.62. The highest BCUT2D eigenvalue weighted by Crippen LogP contribution is 2.22. The average Bonchev–Trinajstić information content (AvgIpc) is 2.71. The minimum Gasteiger partial charge on any atom is -0.333 e. The maximum atomic E-state index is 4.56. The zero-order valence-corrected chi connectivity index (χ0v) is 11.2. The van der Waals surface area contributed by atoms with Gasteiger partial charge in [0.2, 0.25) is 0 Å². The second kappa shape index (κ2) is 6.07. The lowest BCUT2D eigenvalue weighted by atomic mass is 10.3. The molecule has 0 bridgehead atoms. The van der Waals surface area contributed by atoms with E-state index in [-0.39, 0.29) is 0 Å². The molecule has 92 valence electrons. The van der Waals surface area contributed by atoms with Gasteiger partial charge in [0, 0.05) is 11.8 Å². The van der Waals surface area contributed by atoms with Crippen molar-refractivity contribution in [3.63, 3.8) is 0 Å². The van der Waals surface area contributed by atoms with Crippen molar-refractivity contribution in [2.24, 2.45) is 0 Å². The Labute approximate surface area is 106 Å². The Bertz CT molecular complexity index is 433. The van der Waals surface area contributed by atoms with E-state index in [2.05, 4.69) is 35.2 Å². The van der Waals surface area contributed by atoms with Crippen LogP contribution >= 0.6 is 11.8 Å². The molecule has 0 saturated carbocycles. The summed E-state index contributed by atoms with van der Waals surface area (Å²) in [6, 6.07) is 8.15. The van der Waals surface area contributed by atoms with Gasteiger partial charge in [0.15, 0.2) is 5.16 Å². The normalized spacial score (nSPS) is 13.1. The Kier molecular flexibility index (Phi) is 4.45. The molecule has 1 aromatic heterocycles. The summed E-state index contributed by atoms with van der Waals surface area (Å²) in [7, 11) is 0. The molecule has 2 rings (SSSR count). The maximum absolute atomic E-state index is 4.56. The van der Waals surface area contributed by atoms with Crippen molar-refractivity contribution in [2.45, 2.75) is 30.7 Å². The van der Waals surface area contributed by atoms with Crippen LogP contribution in [0.5, 0.6) is 0 Å². The van der Waals surface area contributed by atoms with Crippen molar-refractivity contribution in [2.75, 3.05) is 13.1 Å². The molecule has 0 aliphatic heterocycles. The molecule has 1 atom stereocenters. The van der Waals surface area contributed by atoms with Crippen LogP contribution in [0.3, 0.4) is 0 Å². The number of fused-ring (bicyclic) bond motifs is 1. The number of aromatic amines is 1. The van der Waals surface area contributed by atoms with E-state index in [4.69, 9.17) is 0 Å². The van der Waals surface area contributed by atoms with Crippen molar-refractivity contribution in [1.29, 1.82) is 0 Å². The van der Waals surface area contributed by atoms with E-state index in [0.29, 0.717) is 5.25 Å². The van der Waals surface area contributed by atoms with Crippen molar-refractivity contribution < 1.29 is 0 Å². The highest BCUT2D eigenvalue weighted by molar-refractivity contribution is 7.99. The monoisotopic (exact) mass is 249 g/mol. The molecule has 0 amide bonds. The number of benzene rings is 1. The van der Waals surface area contributed by atoms with Crippen LogP contribution < -0.4 is 5.32 Å². The molecule has 4 heteroatoms. The van der Waals surface area contributed by atoms with Crippen molar-refractivity contribution in [3.05, 3.63) is 24.3 Å². The van der Waals surface area contributed by atoms with Gasteiger partial charge in [0.1, 0.15) is 0 Å². The molecule has 1 heterocycles. The van der Waals surface area contributed by atoms with E-state index in [1.807, 2.05) is 18.2 Å². The number of imidazole rings is 1. The first kappa shape index (κ1) is 12.5. The fraction of sp³-hybridized carbons (Fsp3) is 0.462. The lowest BCUT2D eigenvalue weighted by molar-refractivity contribution is 0.668. The Morgan fingerprint density at radius 1 is 1.41 bits per heavy atom. The molecule has 2 N–H and O–H groups in total. The smallest absolute Gasteiger partial charge is 0.166 e. The van der Waals surface area contributed by atoms with Crippen LogP contribution in [0, 0.1) is 0 Å². The molecule has 0 radical (unpaired) electrons. The molecule has 0 spiro atoms. The van der Waals surface area contributed by atoms with Crippen LogP contribution in [0.25, 0.3) is 11.0 Å². The third-order valence-electron chi connectivity index (χ3n) is 2.54. The lowest BCUT2D eigenvalue weighted by Gasteiger charge is -2.09. The van der Waals surface area contributed by atoms with E-state index in [9.17, 15) is 0 Å². The van der Waals surface area contributed by atoms with Crippen LogP contribution in [-0.2, 0) is 0 Å². The summed E-state index contributed by atoms with van der Waals surface area (Å²) in [5.41, 5.74) is 2.16. The van der Waals surface area contributed by atoms with Crippen LogP contribution in [-0.4, -0.2) is 28.3 Å². The summed E-state index contributed by atoms with van der Waals surface area (Å²) in [6.07, 6.45) is 1.18. The number of para-hydroxylation sites is 2. The molecule has 1 aromatic carbocycles. The number of thioether (sulfide) groups is 1. The van der Waals surface area contributed by atoms with Crippen LogP contribution in [0.15, 0.2) is 29.4 Å². The zero-order valence-electron chi connectivity index (χ0n) is 10.4. The van der Waals surface area contributed by atoms with Crippen molar-refractivity contribution in [3.8, 4) is 0 Å². The van der Waals surface area contributed by atoms with Crippen LogP contribution in [0.2, 0.25) is 0 Å². The summed E-state index contributed by atoms with van der Waals surface area (Å²) in [4.78, 5) is 7.90. The first-order chi connectivity index (χ1) is 8.29. The number of hydrogen-bond acceptors (Lipinski definition) is 3. The van der Waals surface area contributed by atoms with Gasteiger partial charge in [0.05, 0.1) is 11.0 Å². The summed E-state index contributed by atoms with van der Waals surface area (Å²) in [5.74, 6) is 0. The molecule has 0 fully saturated rings. The lowest BCUT2D eigenvalue weighted by Crippen LogP contribution is -2.23. The minimum absolute atomic E-state index is 0.530. The largest absolute Gasteiger partial charge is 0.333 e. The molecular formula is C13H19N3S. The number of nitrogens with zero attached hydrogens (tertiary/aromatic N) is 1. The van der Waals surface area contributed by atoms with Gasteiger partial charge in [-0.05, 0) is 25.1 Å². The van der Waals surface area contributed by atoms with Gasteiger partial charge in [-0.2, -0.15) is 0 Å². The third kappa shape index (κ3) is 3.48. The quantitative estimate of drug-likeness (QED) is 0.610. The zero-order chi connectivity index (χ0) is 12.1. The van der Waals surface area contributed by atoms with Crippen molar-refractivity contribution in [1.82, 2.24) is 15.3 Å². The second-order valence-electron chi connectivity index (χ2n) is 4.19. The van der Waals surface area contributed by atoms with Gasteiger partial charge in [0.25, 0.3) is 0 Å². The van der Waals surface area contributed by atoms with E-state index in [1.165, 1.54) is 6.42 Å². The fourth-order valence-electron chi connectivity index (χ4n) is 1.70. The van der Waals surface area contributed by atoms with Gasteiger partial charge in [-0.1, -0.05) is 37.7 Å². The van der Waals surface area contributed by atoms with Gasteiger partial charge < -0.3 is 10.3 Å². The predicted molar refractivity (Wildman–Crippen MR) is 74.6 cm³/mol. The Morgan fingerprint density at radius 2 is 2.24 bits per heavy atom. The number of rotatable bonds is 6. The molecule has 3 nitrogen and oxygen atoms in total. The summed E-state index contributed by atoms with van der Waals surface area (Å²) in [6.45, 7) is 6.52. The van der Waals surface area contributed by atoms with Gasteiger partial charge in [-0.25, -0.2) is 4.98 Å². The van der Waals surface area contributed by atoms with E-state index in [0.717, 1.165) is 29.3 Å². The third-order valence-corrected chi connectivity index (χ3v) is 3.52. The van der Waals surface area contributed by atoms with Gasteiger partial charge in [-0.3, -0.25) is 0 Å². The number of aromatic nitrogens is 2. The van der Waals surface area contributed by atoms with Crippen molar-refractivity contribution >= 4 is 22.8 Å². The first-order valence-corrected chi connectivity index (χ1v) is 6.99.